The largest absolute Gasteiger partial charge is 0.462 e. The van der Waals surface area contributed by atoms with E-state index < -0.39 is 6.10 Å². The molecule has 0 fully saturated rings. The molecule has 0 aliphatic carbocycles. The first-order valence-electron chi connectivity index (χ1n) is 29.7. The molecule has 0 rings (SSSR count). The molecule has 0 bridgehead atoms. The van der Waals surface area contributed by atoms with E-state index in [-0.39, 0.29) is 37.5 Å². The number of ether oxygens (including phenoxy) is 3. The first kappa shape index (κ1) is 67.3. The summed E-state index contributed by atoms with van der Waals surface area (Å²) in [6.45, 7) is 6.52. The molecule has 0 aromatic carbocycles. The Morgan fingerprint density at radius 2 is 0.521 bits per heavy atom. The average molecular weight is 988 g/mol. The molecule has 6 nitrogen and oxygen atoms in total. The summed E-state index contributed by atoms with van der Waals surface area (Å²) in [4.78, 5) is 38.2. The van der Waals surface area contributed by atoms with Crippen molar-refractivity contribution in [2.24, 2.45) is 0 Å². The minimum absolute atomic E-state index is 0.104. The fraction of sp³-hybridized carbons (Fsp3) is 0.708. The van der Waals surface area contributed by atoms with Gasteiger partial charge in [0, 0.05) is 19.3 Å². The lowest BCUT2D eigenvalue weighted by Crippen LogP contribution is -2.30. The first-order chi connectivity index (χ1) is 35.0. The van der Waals surface area contributed by atoms with Crippen LogP contribution in [0.3, 0.4) is 0 Å². The molecule has 0 N–H and O–H groups in total. The number of hydrogen-bond acceptors (Lipinski definition) is 6. The maximum Gasteiger partial charge on any atom is 0.306 e. The van der Waals surface area contributed by atoms with Crippen LogP contribution in [-0.4, -0.2) is 37.2 Å². The molecule has 6 heteroatoms. The van der Waals surface area contributed by atoms with E-state index in [1.165, 1.54) is 148 Å². The Labute approximate surface area is 438 Å². The topological polar surface area (TPSA) is 78.9 Å². The Hall–Kier alpha value is -3.67. The SMILES string of the molecule is CCCCC/C=C\C/C=C\C/C=C\C/C=C\CCCC(=O)O[C@@H](COC(=O)CCCCCCCCC/C=C\C/C=C\CCCCC)COC(=O)CCCCCCCCCCC/C=C\C/C=C\CCCCC. The third-order valence-electron chi connectivity index (χ3n) is 12.5. The summed E-state index contributed by atoms with van der Waals surface area (Å²) in [7, 11) is 0. The molecule has 1 atom stereocenters. The van der Waals surface area contributed by atoms with Crippen molar-refractivity contribution in [3.05, 3.63) is 97.2 Å². The third kappa shape index (κ3) is 57.1. The molecule has 0 saturated heterocycles. The van der Waals surface area contributed by atoms with E-state index in [0.717, 1.165) is 83.5 Å². The van der Waals surface area contributed by atoms with Gasteiger partial charge in [0.2, 0.25) is 0 Å². The van der Waals surface area contributed by atoms with E-state index in [9.17, 15) is 14.4 Å². The van der Waals surface area contributed by atoms with Gasteiger partial charge >= 0.3 is 17.9 Å². The summed E-state index contributed by atoms with van der Waals surface area (Å²) in [5.41, 5.74) is 0. The monoisotopic (exact) mass is 987 g/mol. The quantitative estimate of drug-likeness (QED) is 0.0261. The molecule has 0 amide bonds. The van der Waals surface area contributed by atoms with Crippen LogP contribution in [0, 0.1) is 0 Å². The van der Waals surface area contributed by atoms with Crippen molar-refractivity contribution >= 4 is 17.9 Å². The molecule has 0 aromatic heterocycles. The van der Waals surface area contributed by atoms with Crippen molar-refractivity contribution in [2.45, 2.75) is 284 Å². The van der Waals surface area contributed by atoms with Gasteiger partial charge in [-0.05, 0) is 122 Å². The lowest BCUT2D eigenvalue weighted by atomic mass is 10.1. The summed E-state index contributed by atoms with van der Waals surface area (Å²) >= 11 is 0. The Morgan fingerprint density at radius 3 is 0.831 bits per heavy atom. The fourth-order valence-electron chi connectivity index (χ4n) is 8.02. The Balaban J connectivity index is 4.48. The molecular formula is C65H110O6. The average Bonchev–Trinajstić information content (AvgIpc) is 3.37. The van der Waals surface area contributed by atoms with Gasteiger partial charge in [0.1, 0.15) is 13.2 Å². The van der Waals surface area contributed by atoms with Gasteiger partial charge in [-0.1, -0.05) is 234 Å². The molecule has 0 spiro atoms. The Kier molecular flexibility index (Phi) is 55.9. The van der Waals surface area contributed by atoms with Crippen molar-refractivity contribution in [3.63, 3.8) is 0 Å². The van der Waals surface area contributed by atoms with Gasteiger partial charge in [-0.25, -0.2) is 0 Å². The molecular weight excluding hydrogens is 877 g/mol. The number of carbonyl (C=O) groups is 3. The highest BCUT2D eigenvalue weighted by atomic mass is 16.6. The highest BCUT2D eigenvalue weighted by Crippen LogP contribution is 2.14. The molecule has 0 heterocycles. The highest BCUT2D eigenvalue weighted by molar-refractivity contribution is 5.71. The summed E-state index contributed by atoms with van der Waals surface area (Å²) in [5.74, 6) is -0.968. The lowest BCUT2D eigenvalue weighted by molar-refractivity contribution is -0.167. The van der Waals surface area contributed by atoms with Crippen LogP contribution >= 0.6 is 0 Å². The molecule has 0 saturated carbocycles. The van der Waals surface area contributed by atoms with Crippen molar-refractivity contribution in [1.82, 2.24) is 0 Å². The van der Waals surface area contributed by atoms with Crippen LogP contribution in [0.25, 0.3) is 0 Å². The van der Waals surface area contributed by atoms with Crippen molar-refractivity contribution in [1.29, 1.82) is 0 Å². The predicted molar refractivity (Wildman–Crippen MR) is 307 cm³/mol. The van der Waals surface area contributed by atoms with E-state index in [1.54, 1.807) is 0 Å². The molecule has 0 aliphatic rings. The van der Waals surface area contributed by atoms with Crippen LogP contribution in [0.4, 0.5) is 0 Å². The van der Waals surface area contributed by atoms with Gasteiger partial charge in [-0.2, -0.15) is 0 Å². The summed E-state index contributed by atoms with van der Waals surface area (Å²) in [5, 5.41) is 0. The van der Waals surface area contributed by atoms with Crippen molar-refractivity contribution < 1.29 is 28.6 Å². The van der Waals surface area contributed by atoms with Crippen LogP contribution in [-0.2, 0) is 28.6 Å². The van der Waals surface area contributed by atoms with E-state index in [2.05, 4.69) is 118 Å². The minimum Gasteiger partial charge on any atom is -0.462 e. The third-order valence-corrected chi connectivity index (χ3v) is 12.5. The molecule has 0 aromatic rings. The number of rotatable bonds is 53. The van der Waals surface area contributed by atoms with Gasteiger partial charge in [0.15, 0.2) is 6.10 Å². The smallest absolute Gasteiger partial charge is 0.306 e. The standard InChI is InChI=1S/C65H110O6/c1-4-7-10-13-16-19-22-25-28-31-32-35-37-40-43-46-49-52-55-58-64(67)70-61-62(71-65(68)59-56-53-50-47-44-41-38-34-30-27-24-21-18-15-12-9-6-3)60-69-63(66)57-54-51-48-45-42-39-36-33-29-26-23-20-17-14-11-8-5-2/h16-21,25-30,38,41,47,50,62H,4-15,22-24,31-37,39-40,42-46,48-49,51-61H2,1-3H3/b19-16-,20-17-,21-18-,28-25-,29-26-,30-27-,41-38-,50-47-/t62-/m0/s1. The molecule has 0 unspecified atom stereocenters. The predicted octanol–water partition coefficient (Wildman–Crippen LogP) is 20.1. The molecule has 0 radical (unpaired) electrons. The van der Waals surface area contributed by atoms with Gasteiger partial charge < -0.3 is 14.2 Å². The molecule has 0 aliphatic heterocycles. The zero-order chi connectivity index (χ0) is 51.4. The highest BCUT2D eigenvalue weighted by Gasteiger charge is 2.19. The second-order valence-electron chi connectivity index (χ2n) is 19.5. The number of allylic oxidation sites excluding steroid dienone is 16. The molecule has 406 valence electrons. The number of hydrogen-bond donors (Lipinski definition) is 0. The number of carbonyl (C=O) groups excluding carboxylic acids is 3. The summed E-state index contributed by atoms with van der Waals surface area (Å²) in [6, 6.07) is 0. The maximum atomic E-state index is 12.9. The zero-order valence-electron chi connectivity index (χ0n) is 46.5. The second kappa shape index (κ2) is 58.9. The van der Waals surface area contributed by atoms with Crippen LogP contribution < -0.4 is 0 Å². The van der Waals surface area contributed by atoms with E-state index >= 15 is 0 Å². The van der Waals surface area contributed by atoms with Gasteiger partial charge in [0.25, 0.3) is 0 Å². The summed E-state index contributed by atoms with van der Waals surface area (Å²) < 4.78 is 16.8. The minimum atomic E-state index is -0.813. The van der Waals surface area contributed by atoms with Gasteiger partial charge in [0.05, 0.1) is 0 Å². The van der Waals surface area contributed by atoms with Crippen molar-refractivity contribution in [3.8, 4) is 0 Å². The van der Waals surface area contributed by atoms with Crippen LogP contribution in [0.2, 0.25) is 0 Å². The zero-order valence-corrected chi connectivity index (χ0v) is 46.5. The Morgan fingerprint density at radius 1 is 0.282 bits per heavy atom. The van der Waals surface area contributed by atoms with Gasteiger partial charge in [-0.15, -0.1) is 0 Å². The molecule has 71 heavy (non-hydrogen) atoms. The fourth-order valence-corrected chi connectivity index (χ4v) is 8.02. The number of esters is 3. The van der Waals surface area contributed by atoms with E-state index in [1.807, 2.05) is 0 Å². The van der Waals surface area contributed by atoms with Gasteiger partial charge in [-0.3, -0.25) is 14.4 Å². The van der Waals surface area contributed by atoms with Crippen LogP contribution in [0.15, 0.2) is 97.2 Å². The summed E-state index contributed by atoms with van der Waals surface area (Å²) in [6.07, 6.45) is 78.2. The first-order valence-corrected chi connectivity index (χ1v) is 29.7. The lowest BCUT2D eigenvalue weighted by Gasteiger charge is -2.18. The van der Waals surface area contributed by atoms with E-state index in [4.69, 9.17) is 14.2 Å². The van der Waals surface area contributed by atoms with Crippen molar-refractivity contribution in [2.75, 3.05) is 13.2 Å². The van der Waals surface area contributed by atoms with E-state index in [0.29, 0.717) is 19.3 Å². The Bertz CT molecular complexity index is 1410. The van der Waals surface area contributed by atoms with Crippen LogP contribution in [0.1, 0.15) is 278 Å². The number of unbranched alkanes of at least 4 members (excludes halogenated alkanes) is 26. The second-order valence-corrected chi connectivity index (χ2v) is 19.5. The van der Waals surface area contributed by atoms with Crippen LogP contribution in [0.5, 0.6) is 0 Å². The normalized spacial score (nSPS) is 12.8. The maximum absolute atomic E-state index is 12.9.